The van der Waals surface area contributed by atoms with E-state index in [0.717, 1.165) is 0 Å². The Bertz CT molecular complexity index is 125. The summed E-state index contributed by atoms with van der Waals surface area (Å²) >= 11 is 0. The Morgan fingerprint density at radius 1 is 1.36 bits per heavy atom. The van der Waals surface area contributed by atoms with Gasteiger partial charge in [-0.25, -0.2) is 0 Å². The topological polar surface area (TPSA) is 0 Å². The fraction of sp³-hybridized carbons (Fsp3) is 0.636. The van der Waals surface area contributed by atoms with E-state index >= 15 is 0 Å². The van der Waals surface area contributed by atoms with Crippen LogP contribution in [0.4, 0.5) is 0 Å². The smallest absolute Gasteiger partial charge is 0.00529 e. The Kier molecular flexibility index (Phi) is 4.17. The van der Waals surface area contributed by atoms with Gasteiger partial charge in [0.2, 0.25) is 0 Å². The van der Waals surface area contributed by atoms with Crippen molar-refractivity contribution in [3.05, 3.63) is 25.3 Å². The third kappa shape index (κ3) is 2.53. The summed E-state index contributed by atoms with van der Waals surface area (Å²) in [6.07, 6.45) is 6.48. The molecule has 0 N–H and O–H groups in total. The van der Waals surface area contributed by atoms with Gasteiger partial charge in [0.25, 0.3) is 0 Å². The molecule has 0 heterocycles. The molecule has 0 aromatic heterocycles. The van der Waals surface area contributed by atoms with Gasteiger partial charge in [0.15, 0.2) is 0 Å². The molecule has 11 heavy (non-hydrogen) atoms. The molecule has 0 radical (unpaired) electrons. The highest BCUT2D eigenvalue weighted by molar-refractivity contribution is 5.05. The Hall–Kier alpha value is -0.520. The maximum Gasteiger partial charge on any atom is 0.00529 e. The molecule has 0 aliphatic heterocycles. The van der Waals surface area contributed by atoms with Crippen LogP contribution in [0.3, 0.4) is 0 Å². The van der Waals surface area contributed by atoms with E-state index in [9.17, 15) is 0 Å². The lowest BCUT2D eigenvalue weighted by Crippen LogP contribution is -2.19. The summed E-state index contributed by atoms with van der Waals surface area (Å²) in [6, 6.07) is 0. The first-order valence-corrected chi connectivity index (χ1v) is 4.38. The zero-order chi connectivity index (χ0) is 8.91. The zero-order valence-corrected chi connectivity index (χ0v) is 8.06. The molecule has 0 aromatic carbocycles. The van der Waals surface area contributed by atoms with Gasteiger partial charge >= 0.3 is 0 Å². The predicted octanol–water partition coefficient (Wildman–Crippen LogP) is 3.80. The Balaban J connectivity index is 4.23. The van der Waals surface area contributed by atoms with Gasteiger partial charge in [-0.15, -0.1) is 13.2 Å². The number of hydrogen-bond acceptors (Lipinski definition) is 0. The molecule has 0 amide bonds. The molecule has 1 atom stereocenters. The quantitative estimate of drug-likeness (QED) is 0.526. The summed E-state index contributed by atoms with van der Waals surface area (Å²) in [5, 5.41) is 0. The molecule has 0 aliphatic rings. The average molecular weight is 152 g/mol. The normalized spacial score (nSPS) is 14.1. The highest BCUT2D eigenvalue weighted by Gasteiger charge is 2.22. The van der Waals surface area contributed by atoms with Crippen molar-refractivity contribution in [3.8, 4) is 0 Å². The van der Waals surface area contributed by atoms with E-state index in [0.29, 0.717) is 5.92 Å². The molecule has 0 saturated heterocycles. The van der Waals surface area contributed by atoms with Gasteiger partial charge in [0.1, 0.15) is 0 Å². The van der Waals surface area contributed by atoms with E-state index in [1.807, 2.05) is 12.2 Å². The van der Waals surface area contributed by atoms with Crippen LogP contribution in [-0.4, -0.2) is 0 Å². The first-order chi connectivity index (χ1) is 5.10. The third-order valence-corrected chi connectivity index (χ3v) is 2.66. The van der Waals surface area contributed by atoms with Crippen molar-refractivity contribution in [1.29, 1.82) is 0 Å². The second-order valence-electron chi connectivity index (χ2n) is 3.46. The molecule has 0 nitrogen and oxygen atoms in total. The van der Waals surface area contributed by atoms with Crippen LogP contribution >= 0.6 is 0 Å². The van der Waals surface area contributed by atoms with Gasteiger partial charge in [-0.2, -0.15) is 0 Å². The van der Waals surface area contributed by atoms with E-state index in [2.05, 4.69) is 33.9 Å². The van der Waals surface area contributed by atoms with E-state index in [1.54, 1.807) is 0 Å². The second-order valence-corrected chi connectivity index (χ2v) is 3.46. The van der Waals surface area contributed by atoms with E-state index in [1.165, 1.54) is 12.8 Å². The van der Waals surface area contributed by atoms with Crippen molar-refractivity contribution in [1.82, 2.24) is 0 Å². The summed E-state index contributed by atoms with van der Waals surface area (Å²) in [4.78, 5) is 0. The van der Waals surface area contributed by atoms with Crippen LogP contribution < -0.4 is 0 Å². The molecule has 0 bridgehead atoms. The lowest BCUT2D eigenvalue weighted by atomic mass is 9.76. The summed E-state index contributed by atoms with van der Waals surface area (Å²) in [5.41, 5.74) is 0.121. The van der Waals surface area contributed by atoms with Crippen LogP contribution in [0.1, 0.15) is 33.6 Å². The molecular formula is C11H20. The van der Waals surface area contributed by atoms with E-state index in [-0.39, 0.29) is 5.41 Å². The van der Waals surface area contributed by atoms with Crippen LogP contribution in [0.15, 0.2) is 25.3 Å². The second kappa shape index (κ2) is 4.38. The Morgan fingerprint density at radius 3 is 2.09 bits per heavy atom. The van der Waals surface area contributed by atoms with E-state index < -0.39 is 0 Å². The molecule has 0 rings (SSSR count). The zero-order valence-electron chi connectivity index (χ0n) is 8.06. The van der Waals surface area contributed by atoms with Crippen molar-refractivity contribution in [2.24, 2.45) is 11.3 Å². The van der Waals surface area contributed by atoms with Gasteiger partial charge in [0.05, 0.1) is 0 Å². The molecule has 0 spiro atoms. The Morgan fingerprint density at radius 2 is 1.82 bits per heavy atom. The average Bonchev–Trinajstić information content (AvgIpc) is 2.03. The standard InChI is InChI=1S/C11H20/c1-6-9-10(4)11(5,7-2)8-3/h7-8,10H,2-3,6,9H2,1,4-5H3. The molecule has 0 aliphatic carbocycles. The SMILES string of the molecule is C=CC(C)(C=C)C(C)CCC. The fourth-order valence-corrected chi connectivity index (χ4v) is 1.23. The van der Waals surface area contributed by atoms with E-state index in [4.69, 9.17) is 0 Å². The highest BCUT2D eigenvalue weighted by Crippen LogP contribution is 2.32. The highest BCUT2D eigenvalue weighted by atomic mass is 14.3. The van der Waals surface area contributed by atoms with Gasteiger partial charge in [0, 0.05) is 5.41 Å². The first kappa shape index (κ1) is 10.5. The molecule has 1 unspecified atom stereocenters. The maximum absolute atomic E-state index is 3.84. The monoisotopic (exact) mass is 152 g/mol. The number of hydrogen-bond donors (Lipinski definition) is 0. The molecule has 0 aromatic rings. The lowest BCUT2D eigenvalue weighted by Gasteiger charge is -2.28. The molecule has 0 saturated carbocycles. The fourth-order valence-electron chi connectivity index (χ4n) is 1.23. The number of rotatable bonds is 5. The summed E-state index contributed by atoms with van der Waals surface area (Å²) in [5.74, 6) is 0.655. The summed E-state index contributed by atoms with van der Waals surface area (Å²) in [6.45, 7) is 14.3. The van der Waals surface area contributed by atoms with Crippen LogP contribution in [0.2, 0.25) is 0 Å². The van der Waals surface area contributed by atoms with Crippen molar-refractivity contribution in [2.45, 2.75) is 33.6 Å². The first-order valence-electron chi connectivity index (χ1n) is 4.38. The van der Waals surface area contributed by atoms with Crippen LogP contribution in [-0.2, 0) is 0 Å². The minimum atomic E-state index is 0.121. The molecule has 0 fully saturated rings. The summed E-state index contributed by atoms with van der Waals surface area (Å²) < 4.78 is 0. The predicted molar refractivity (Wildman–Crippen MR) is 52.6 cm³/mol. The molecule has 64 valence electrons. The van der Waals surface area contributed by atoms with Crippen LogP contribution in [0.25, 0.3) is 0 Å². The van der Waals surface area contributed by atoms with Gasteiger partial charge in [-0.3, -0.25) is 0 Å². The van der Waals surface area contributed by atoms with Gasteiger partial charge < -0.3 is 0 Å². The lowest BCUT2D eigenvalue weighted by molar-refractivity contribution is 0.330. The van der Waals surface area contributed by atoms with Crippen molar-refractivity contribution in [2.75, 3.05) is 0 Å². The minimum Gasteiger partial charge on any atom is -0.102 e. The number of allylic oxidation sites excluding steroid dienone is 2. The maximum atomic E-state index is 3.84. The largest absolute Gasteiger partial charge is 0.102 e. The van der Waals surface area contributed by atoms with Gasteiger partial charge in [-0.05, 0) is 12.3 Å². The molecular weight excluding hydrogens is 132 g/mol. The van der Waals surface area contributed by atoms with Crippen LogP contribution in [0.5, 0.6) is 0 Å². The van der Waals surface area contributed by atoms with Gasteiger partial charge in [-0.1, -0.05) is 39.3 Å². The third-order valence-electron chi connectivity index (χ3n) is 2.66. The van der Waals surface area contributed by atoms with Crippen molar-refractivity contribution < 1.29 is 0 Å². The summed E-state index contributed by atoms with van der Waals surface area (Å²) in [7, 11) is 0. The Labute approximate surface area is 71.0 Å². The van der Waals surface area contributed by atoms with Crippen molar-refractivity contribution >= 4 is 0 Å². The minimum absolute atomic E-state index is 0.121. The van der Waals surface area contributed by atoms with Crippen molar-refractivity contribution in [3.63, 3.8) is 0 Å². The molecule has 0 heteroatoms. The van der Waals surface area contributed by atoms with Crippen LogP contribution in [0, 0.1) is 11.3 Å².